The fourth-order valence-electron chi connectivity index (χ4n) is 7.21. The maximum absolute atomic E-state index is 3.81. The van der Waals surface area contributed by atoms with Crippen LogP contribution in [-0.4, -0.2) is 4.57 Å². The molecular weight excluding hydrogens is 594 g/mol. The summed E-state index contributed by atoms with van der Waals surface area (Å²) in [6.07, 6.45) is 0. The second-order valence-electron chi connectivity index (χ2n) is 11.9. The van der Waals surface area contributed by atoms with Crippen LogP contribution in [0, 0.1) is 0 Å². The molecule has 0 atom stereocenters. The van der Waals surface area contributed by atoms with Crippen molar-refractivity contribution in [2.75, 3.05) is 0 Å². The number of thiophene rings is 1. The van der Waals surface area contributed by atoms with Gasteiger partial charge in [0.1, 0.15) is 0 Å². The van der Waals surface area contributed by atoms with E-state index in [1.807, 2.05) is 11.3 Å². The predicted molar refractivity (Wildman–Crippen MR) is 184 cm³/mol. The number of rotatable bonds is 2. The molecule has 0 fully saturated rings. The summed E-state index contributed by atoms with van der Waals surface area (Å²) < 4.78 is 6.23. The number of nitrogens with zero attached hydrogens (tertiary/aromatic N) is 1. The van der Waals surface area contributed by atoms with E-state index in [2.05, 4.69) is 156 Å². The average molecular weight is 621 g/mol. The molecule has 0 unspecified atom stereocenters. The van der Waals surface area contributed by atoms with E-state index in [1.165, 1.54) is 81.0 Å². The largest absolute Gasteiger partial charge is 0.309 e. The summed E-state index contributed by atoms with van der Waals surface area (Å²) in [5.41, 5.74) is 11.6. The molecule has 2 heterocycles. The number of para-hydroxylation sites is 1. The Morgan fingerprint density at radius 3 is 2.17 bits per heavy atom. The molecule has 42 heavy (non-hydrogen) atoms. The summed E-state index contributed by atoms with van der Waals surface area (Å²) in [6, 6.07) is 45.0. The third kappa shape index (κ3) is 3.29. The monoisotopic (exact) mass is 619 g/mol. The number of fused-ring (bicyclic) bond motifs is 9. The zero-order chi connectivity index (χ0) is 28.2. The van der Waals surface area contributed by atoms with Crippen molar-refractivity contribution in [3.63, 3.8) is 0 Å². The lowest BCUT2D eigenvalue weighted by molar-refractivity contribution is 0.661. The lowest BCUT2D eigenvalue weighted by Gasteiger charge is -2.21. The van der Waals surface area contributed by atoms with Gasteiger partial charge in [0.15, 0.2) is 0 Å². The van der Waals surface area contributed by atoms with Crippen molar-refractivity contribution in [2.24, 2.45) is 0 Å². The highest BCUT2D eigenvalue weighted by Crippen LogP contribution is 2.51. The van der Waals surface area contributed by atoms with Gasteiger partial charge in [-0.3, -0.25) is 0 Å². The first-order valence-corrected chi connectivity index (χ1v) is 16.0. The Bertz CT molecular complexity index is 2390. The standard InChI is InChI=1S/C39H26BrNS/c1-39(2)31-12-7-6-11-26(31)27-22-35-29(21-32(27)39)28-19-23(15-17-34(28)41(35)25-9-4-3-5-10-25)24-16-18-36-30(20-24)38-33(40)13-8-14-37(38)42-36/h3-22H,1-2H3. The molecule has 8 aromatic rings. The number of hydrogen-bond donors (Lipinski definition) is 0. The Balaban J connectivity index is 1.34. The van der Waals surface area contributed by atoms with Crippen LogP contribution in [-0.2, 0) is 5.41 Å². The molecule has 200 valence electrons. The minimum Gasteiger partial charge on any atom is -0.309 e. The summed E-state index contributed by atoms with van der Waals surface area (Å²) in [5.74, 6) is 0. The van der Waals surface area contributed by atoms with E-state index in [0.717, 1.165) is 4.47 Å². The van der Waals surface area contributed by atoms with Crippen molar-refractivity contribution >= 4 is 69.2 Å². The van der Waals surface area contributed by atoms with Gasteiger partial charge in [-0.05, 0) is 94.0 Å². The normalized spacial score (nSPS) is 13.8. The molecule has 9 rings (SSSR count). The van der Waals surface area contributed by atoms with E-state index in [-0.39, 0.29) is 5.41 Å². The number of aromatic nitrogens is 1. The molecule has 1 aliphatic carbocycles. The van der Waals surface area contributed by atoms with Crippen LogP contribution in [0.3, 0.4) is 0 Å². The molecule has 0 bridgehead atoms. The summed E-state index contributed by atoms with van der Waals surface area (Å²) in [7, 11) is 0. The van der Waals surface area contributed by atoms with Crippen molar-refractivity contribution in [2.45, 2.75) is 19.3 Å². The zero-order valence-corrected chi connectivity index (χ0v) is 25.7. The van der Waals surface area contributed by atoms with Crippen LogP contribution in [0.25, 0.3) is 69.9 Å². The van der Waals surface area contributed by atoms with Crippen LogP contribution in [0.2, 0.25) is 0 Å². The second kappa shape index (κ2) is 8.67. The summed E-state index contributed by atoms with van der Waals surface area (Å²) in [6.45, 7) is 4.73. The Hall–Kier alpha value is -4.18. The molecule has 0 N–H and O–H groups in total. The maximum atomic E-state index is 3.81. The summed E-state index contributed by atoms with van der Waals surface area (Å²) in [5, 5.41) is 5.21. The molecule has 3 heteroatoms. The lowest BCUT2D eigenvalue weighted by Crippen LogP contribution is -2.14. The van der Waals surface area contributed by atoms with E-state index in [4.69, 9.17) is 0 Å². The Morgan fingerprint density at radius 1 is 0.571 bits per heavy atom. The highest BCUT2D eigenvalue weighted by Gasteiger charge is 2.36. The highest BCUT2D eigenvalue weighted by atomic mass is 79.9. The van der Waals surface area contributed by atoms with Crippen molar-refractivity contribution in [3.05, 3.63) is 137 Å². The quantitative estimate of drug-likeness (QED) is 0.181. The van der Waals surface area contributed by atoms with Crippen LogP contribution in [0.1, 0.15) is 25.0 Å². The minimum atomic E-state index is -0.0443. The van der Waals surface area contributed by atoms with E-state index >= 15 is 0 Å². The molecule has 1 aliphatic rings. The van der Waals surface area contributed by atoms with Crippen molar-refractivity contribution in [1.29, 1.82) is 0 Å². The Morgan fingerprint density at radius 2 is 1.31 bits per heavy atom. The molecule has 0 amide bonds. The molecule has 0 aliphatic heterocycles. The van der Waals surface area contributed by atoms with E-state index < -0.39 is 0 Å². The van der Waals surface area contributed by atoms with Crippen LogP contribution in [0.15, 0.2) is 126 Å². The van der Waals surface area contributed by atoms with Crippen molar-refractivity contribution in [1.82, 2.24) is 4.57 Å². The van der Waals surface area contributed by atoms with Gasteiger partial charge in [0.2, 0.25) is 0 Å². The molecule has 1 nitrogen and oxygen atoms in total. The number of halogens is 1. The van der Waals surface area contributed by atoms with E-state index in [1.54, 1.807) is 0 Å². The number of benzene rings is 6. The Labute approximate surface area is 256 Å². The first-order valence-electron chi connectivity index (χ1n) is 14.4. The van der Waals surface area contributed by atoms with Gasteiger partial charge >= 0.3 is 0 Å². The third-order valence-electron chi connectivity index (χ3n) is 9.26. The molecule has 6 aromatic carbocycles. The SMILES string of the molecule is CC1(C)c2ccccc2-c2cc3c(cc21)c1cc(-c2ccc4sc5cccc(Br)c5c4c2)ccc1n3-c1ccccc1. The molecule has 0 radical (unpaired) electrons. The van der Waals surface area contributed by atoms with E-state index in [0.29, 0.717) is 0 Å². The van der Waals surface area contributed by atoms with Gasteiger partial charge < -0.3 is 4.57 Å². The lowest BCUT2D eigenvalue weighted by atomic mass is 9.82. The fourth-order valence-corrected chi connectivity index (χ4v) is 9.04. The minimum absolute atomic E-state index is 0.0443. The van der Waals surface area contributed by atoms with Gasteiger partial charge in [0, 0.05) is 46.5 Å². The molecule has 0 saturated carbocycles. The van der Waals surface area contributed by atoms with Crippen LogP contribution in [0.5, 0.6) is 0 Å². The third-order valence-corrected chi connectivity index (χ3v) is 11.1. The zero-order valence-electron chi connectivity index (χ0n) is 23.3. The topological polar surface area (TPSA) is 4.93 Å². The second-order valence-corrected chi connectivity index (χ2v) is 13.9. The maximum Gasteiger partial charge on any atom is 0.0547 e. The molecule has 0 spiro atoms. The molecule has 2 aromatic heterocycles. The van der Waals surface area contributed by atoms with Crippen molar-refractivity contribution < 1.29 is 0 Å². The van der Waals surface area contributed by atoms with E-state index in [9.17, 15) is 0 Å². The van der Waals surface area contributed by atoms with Gasteiger partial charge in [-0.1, -0.05) is 90.4 Å². The summed E-state index contributed by atoms with van der Waals surface area (Å²) >= 11 is 5.67. The predicted octanol–water partition coefficient (Wildman–Crippen LogP) is 11.9. The Kier molecular flexibility index (Phi) is 5.04. The first kappa shape index (κ1) is 24.4. The molecular formula is C39H26BrNS. The van der Waals surface area contributed by atoms with Crippen LogP contribution >= 0.6 is 27.3 Å². The highest BCUT2D eigenvalue weighted by molar-refractivity contribution is 9.10. The van der Waals surface area contributed by atoms with Crippen LogP contribution < -0.4 is 0 Å². The fraction of sp³-hybridized carbons (Fsp3) is 0.0769. The van der Waals surface area contributed by atoms with Crippen molar-refractivity contribution in [3.8, 4) is 27.9 Å². The van der Waals surface area contributed by atoms with Gasteiger partial charge in [0.25, 0.3) is 0 Å². The smallest absolute Gasteiger partial charge is 0.0547 e. The number of hydrogen-bond acceptors (Lipinski definition) is 1. The van der Waals surface area contributed by atoms with Gasteiger partial charge in [-0.15, -0.1) is 11.3 Å². The average Bonchev–Trinajstić information content (AvgIpc) is 3.62. The van der Waals surface area contributed by atoms with Gasteiger partial charge in [-0.2, -0.15) is 0 Å². The summed E-state index contributed by atoms with van der Waals surface area (Å²) in [4.78, 5) is 0. The van der Waals surface area contributed by atoms with Gasteiger partial charge in [-0.25, -0.2) is 0 Å². The molecule has 0 saturated heterocycles. The van der Waals surface area contributed by atoms with Crippen LogP contribution in [0.4, 0.5) is 0 Å². The van der Waals surface area contributed by atoms with Gasteiger partial charge in [0.05, 0.1) is 11.0 Å². The first-order chi connectivity index (χ1) is 20.5.